The fraction of sp³-hybridized carbons (Fsp3) is 0.385. The van der Waals surface area contributed by atoms with Gasteiger partial charge < -0.3 is 10.6 Å². The third-order valence-corrected chi connectivity index (χ3v) is 2.80. The molecule has 98 valence electrons. The Morgan fingerprint density at radius 1 is 1.22 bits per heavy atom. The molecule has 0 bridgehead atoms. The van der Waals surface area contributed by atoms with Crippen LogP contribution in [0, 0.1) is 0 Å². The Labute approximate surface area is 113 Å². The monoisotopic (exact) mass is 266 g/mol. The minimum Gasteiger partial charge on any atom is -0.355 e. The highest BCUT2D eigenvalue weighted by atomic mass is 32.1. The molecule has 0 heterocycles. The van der Waals surface area contributed by atoms with E-state index in [2.05, 4.69) is 30.2 Å². The highest BCUT2D eigenvalue weighted by Gasteiger charge is 2.09. The van der Waals surface area contributed by atoms with Gasteiger partial charge in [0.1, 0.15) is 0 Å². The summed E-state index contributed by atoms with van der Waals surface area (Å²) in [4.78, 5) is 23.8. The molecule has 1 aromatic rings. The zero-order chi connectivity index (χ0) is 13.4. The zero-order valence-electron chi connectivity index (χ0n) is 10.4. The minimum atomic E-state index is -0.286. The number of hydrogen-bond acceptors (Lipinski definition) is 3. The summed E-state index contributed by atoms with van der Waals surface area (Å²) in [6.07, 6.45) is 1.97. The summed E-state index contributed by atoms with van der Waals surface area (Å²) >= 11 is 4.19. The molecule has 1 aromatic carbocycles. The van der Waals surface area contributed by atoms with Crippen LogP contribution in [-0.4, -0.2) is 24.9 Å². The average molecular weight is 266 g/mol. The quantitative estimate of drug-likeness (QED) is 0.541. The van der Waals surface area contributed by atoms with Gasteiger partial charge in [0.15, 0.2) is 0 Å². The van der Waals surface area contributed by atoms with Crippen molar-refractivity contribution in [2.75, 3.05) is 13.1 Å². The van der Waals surface area contributed by atoms with Gasteiger partial charge in [-0.15, -0.1) is 12.6 Å². The fourth-order valence-corrected chi connectivity index (χ4v) is 1.65. The molecule has 0 aromatic heterocycles. The van der Waals surface area contributed by atoms with E-state index in [1.165, 1.54) is 0 Å². The van der Waals surface area contributed by atoms with Gasteiger partial charge >= 0.3 is 0 Å². The molecule has 2 amide bonds. The maximum atomic E-state index is 11.8. The summed E-state index contributed by atoms with van der Waals surface area (Å²) in [7, 11) is 0. The lowest BCUT2D eigenvalue weighted by atomic mass is 10.2. The Morgan fingerprint density at radius 2 is 1.94 bits per heavy atom. The molecule has 0 fully saturated rings. The van der Waals surface area contributed by atoms with Crippen LogP contribution in [0.1, 0.15) is 30.1 Å². The molecule has 0 aliphatic carbocycles. The average Bonchev–Trinajstić information content (AvgIpc) is 2.37. The van der Waals surface area contributed by atoms with Crippen molar-refractivity contribution >= 4 is 24.4 Å². The zero-order valence-corrected chi connectivity index (χ0v) is 11.3. The molecular weight excluding hydrogens is 248 g/mol. The second kappa shape index (κ2) is 7.76. The van der Waals surface area contributed by atoms with Crippen molar-refractivity contribution < 1.29 is 9.59 Å². The van der Waals surface area contributed by atoms with Crippen molar-refractivity contribution in [1.29, 1.82) is 0 Å². The highest BCUT2D eigenvalue weighted by molar-refractivity contribution is 7.80. The van der Waals surface area contributed by atoms with E-state index >= 15 is 0 Å². The van der Waals surface area contributed by atoms with Crippen molar-refractivity contribution in [3.63, 3.8) is 0 Å². The summed E-state index contributed by atoms with van der Waals surface area (Å²) in [5, 5.41) is 5.30. The Kier molecular flexibility index (Phi) is 6.28. The van der Waals surface area contributed by atoms with Crippen LogP contribution < -0.4 is 10.6 Å². The number of unbranched alkanes of at least 4 members (excludes halogenated alkanes) is 1. The van der Waals surface area contributed by atoms with Gasteiger partial charge in [0, 0.05) is 11.4 Å². The first-order chi connectivity index (χ1) is 8.65. The fourth-order valence-electron chi connectivity index (χ4n) is 1.39. The summed E-state index contributed by atoms with van der Waals surface area (Å²) in [6, 6.07) is 6.97. The molecule has 0 saturated heterocycles. The third kappa shape index (κ3) is 4.79. The van der Waals surface area contributed by atoms with Gasteiger partial charge in [-0.25, -0.2) is 0 Å². The molecule has 5 heteroatoms. The Hall–Kier alpha value is -1.49. The maximum absolute atomic E-state index is 11.8. The van der Waals surface area contributed by atoms with E-state index in [4.69, 9.17) is 0 Å². The number of carbonyl (C=O) groups excluding carboxylic acids is 2. The summed E-state index contributed by atoms with van der Waals surface area (Å²) < 4.78 is 0. The normalized spacial score (nSPS) is 9.89. The molecule has 0 unspecified atom stereocenters. The Bertz CT molecular complexity index is 421. The van der Waals surface area contributed by atoms with Crippen LogP contribution in [0.3, 0.4) is 0 Å². The molecule has 0 saturated carbocycles. The van der Waals surface area contributed by atoms with Crippen molar-refractivity contribution in [1.82, 2.24) is 10.6 Å². The van der Waals surface area contributed by atoms with Crippen LogP contribution in [-0.2, 0) is 4.79 Å². The molecule has 0 radical (unpaired) electrons. The van der Waals surface area contributed by atoms with E-state index in [-0.39, 0.29) is 18.4 Å². The molecule has 1 rings (SSSR count). The van der Waals surface area contributed by atoms with Crippen LogP contribution in [0.25, 0.3) is 0 Å². The van der Waals surface area contributed by atoms with E-state index in [0.717, 1.165) is 12.8 Å². The van der Waals surface area contributed by atoms with E-state index < -0.39 is 0 Å². The third-order valence-electron chi connectivity index (χ3n) is 2.41. The number of nitrogens with one attached hydrogen (secondary N) is 2. The van der Waals surface area contributed by atoms with Crippen molar-refractivity contribution in [2.45, 2.75) is 24.7 Å². The van der Waals surface area contributed by atoms with Gasteiger partial charge in [0.05, 0.1) is 12.1 Å². The van der Waals surface area contributed by atoms with Crippen molar-refractivity contribution in [2.24, 2.45) is 0 Å². The van der Waals surface area contributed by atoms with Gasteiger partial charge in [-0.1, -0.05) is 25.5 Å². The number of benzene rings is 1. The Balaban J connectivity index is 2.38. The number of hydrogen-bond donors (Lipinski definition) is 3. The molecule has 0 atom stereocenters. The molecule has 18 heavy (non-hydrogen) atoms. The second-order valence-corrected chi connectivity index (χ2v) is 4.39. The molecule has 4 nitrogen and oxygen atoms in total. The second-order valence-electron chi connectivity index (χ2n) is 3.90. The summed E-state index contributed by atoms with van der Waals surface area (Å²) in [6.45, 7) is 2.69. The lowest BCUT2D eigenvalue weighted by Crippen LogP contribution is -2.37. The maximum Gasteiger partial charge on any atom is 0.252 e. The predicted molar refractivity (Wildman–Crippen MR) is 73.9 cm³/mol. The smallest absolute Gasteiger partial charge is 0.252 e. The summed E-state index contributed by atoms with van der Waals surface area (Å²) in [5.74, 6) is -0.459. The van der Waals surface area contributed by atoms with E-state index in [0.29, 0.717) is 17.0 Å². The first-order valence-electron chi connectivity index (χ1n) is 5.98. The predicted octanol–water partition coefficient (Wildman–Crippen LogP) is 1.62. The van der Waals surface area contributed by atoms with Gasteiger partial charge in [0.2, 0.25) is 5.91 Å². The topological polar surface area (TPSA) is 58.2 Å². The molecule has 0 aliphatic heterocycles. The van der Waals surface area contributed by atoms with Gasteiger partial charge in [0.25, 0.3) is 5.91 Å². The molecule has 2 N–H and O–H groups in total. The van der Waals surface area contributed by atoms with Gasteiger partial charge in [-0.3, -0.25) is 9.59 Å². The number of rotatable bonds is 6. The van der Waals surface area contributed by atoms with Crippen LogP contribution >= 0.6 is 12.6 Å². The van der Waals surface area contributed by atoms with Crippen molar-refractivity contribution in [3.05, 3.63) is 29.8 Å². The molecule has 0 spiro atoms. The largest absolute Gasteiger partial charge is 0.355 e. The molecule has 0 aliphatic rings. The molecular formula is C13H18N2O2S. The first-order valence-corrected chi connectivity index (χ1v) is 6.42. The van der Waals surface area contributed by atoms with Crippen LogP contribution in [0.5, 0.6) is 0 Å². The summed E-state index contributed by atoms with van der Waals surface area (Å²) in [5.41, 5.74) is 0.474. The van der Waals surface area contributed by atoms with Crippen LogP contribution in [0.15, 0.2) is 29.2 Å². The lowest BCUT2D eigenvalue weighted by Gasteiger charge is -2.07. The minimum absolute atomic E-state index is 0.00927. The van der Waals surface area contributed by atoms with Crippen molar-refractivity contribution in [3.8, 4) is 0 Å². The Morgan fingerprint density at radius 3 is 2.61 bits per heavy atom. The standard InChI is InChI=1S/C13H18N2O2S/c1-2-3-8-14-12(16)9-15-13(17)10-6-4-5-7-11(10)18/h4-7,18H,2-3,8-9H2,1H3,(H,14,16)(H,15,17). The van der Waals surface area contributed by atoms with E-state index in [1.807, 2.05) is 0 Å². The lowest BCUT2D eigenvalue weighted by molar-refractivity contribution is -0.120. The van der Waals surface area contributed by atoms with Gasteiger partial charge in [-0.2, -0.15) is 0 Å². The SMILES string of the molecule is CCCCNC(=O)CNC(=O)c1ccccc1S. The highest BCUT2D eigenvalue weighted by Crippen LogP contribution is 2.12. The first kappa shape index (κ1) is 14.6. The van der Waals surface area contributed by atoms with E-state index in [1.54, 1.807) is 24.3 Å². The van der Waals surface area contributed by atoms with Gasteiger partial charge in [-0.05, 0) is 18.6 Å². The number of amides is 2. The number of carbonyl (C=O) groups is 2. The van der Waals surface area contributed by atoms with Crippen LogP contribution in [0.4, 0.5) is 0 Å². The van der Waals surface area contributed by atoms with Crippen LogP contribution in [0.2, 0.25) is 0 Å². The van der Waals surface area contributed by atoms with E-state index in [9.17, 15) is 9.59 Å². The number of thiol groups is 1.